The van der Waals surface area contributed by atoms with E-state index in [0.717, 1.165) is 10.9 Å². The standard InChI is InChI=1S/C27H21FO4/c1-31-25-15-11-18(16-20(25)17-32-26-9-5-4-8-23(26)28)10-14-24(29)22-13-12-19-6-2-3-7-21(19)27(22)30/h2-16,30H,17H2,1H3/b14-10+. The summed E-state index contributed by atoms with van der Waals surface area (Å²) in [6.45, 7) is 0.102. The van der Waals surface area contributed by atoms with Crippen LogP contribution in [0, 0.1) is 5.82 Å². The highest BCUT2D eigenvalue weighted by atomic mass is 19.1. The van der Waals surface area contributed by atoms with Crippen LogP contribution in [0.3, 0.4) is 0 Å². The van der Waals surface area contributed by atoms with E-state index in [4.69, 9.17) is 9.47 Å². The van der Waals surface area contributed by atoms with Gasteiger partial charge in [-0.25, -0.2) is 4.39 Å². The van der Waals surface area contributed by atoms with E-state index in [9.17, 15) is 14.3 Å². The summed E-state index contributed by atoms with van der Waals surface area (Å²) >= 11 is 0. The molecule has 0 heterocycles. The molecule has 0 aliphatic carbocycles. The van der Waals surface area contributed by atoms with Crippen LogP contribution in [0.15, 0.2) is 84.9 Å². The molecule has 4 aromatic carbocycles. The van der Waals surface area contributed by atoms with E-state index in [-0.39, 0.29) is 29.5 Å². The molecule has 0 saturated carbocycles. The van der Waals surface area contributed by atoms with Crippen LogP contribution in [-0.4, -0.2) is 18.0 Å². The Kier molecular flexibility index (Phi) is 6.17. The number of aromatic hydroxyl groups is 1. The molecule has 0 bridgehead atoms. The van der Waals surface area contributed by atoms with Gasteiger partial charge in [0.15, 0.2) is 17.3 Å². The molecule has 0 atom stereocenters. The van der Waals surface area contributed by atoms with Gasteiger partial charge in [-0.15, -0.1) is 0 Å². The van der Waals surface area contributed by atoms with Gasteiger partial charge in [0, 0.05) is 10.9 Å². The average Bonchev–Trinajstić information content (AvgIpc) is 2.82. The number of methoxy groups -OCH3 is 1. The second kappa shape index (κ2) is 9.35. The van der Waals surface area contributed by atoms with Crippen molar-refractivity contribution in [2.45, 2.75) is 6.61 Å². The molecule has 0 saturated heterocycles. The fourth-order valence-electron chi connectivity index (χ4n) is 3.45. The number of benzene rings is 4. The summed E-state index contributed by atoms with van der Waals surface area (Å²) in [5, 5.41) is 12.0. The van der Waals surface area contributed by atoms with E-state index in [1.165, 1.54) is 12.1 Å². The van der Waals surface area contributed by atoms with Crippen LogP contribution in [0.2, 0.25) is 0 Å². The molecule has 160 valence electrons. The van der Waals surface area contributed by atoms with Gasteiger partial charge in [-0.1, -0.05) is 54.6 Å². The van der Waals surface area contributed by atoms with Crippen molar-refractivity contribution in [1.82, 2.24) is 0 Å². The van der Waals surface area contributed by atoms with E-state index in [1.807, 2.05) is 30.3 Å². The van der Waals surface area contributed by atoms with Crippen molar-refractivity contribution in [2.24, 2.45) is 0 Å². The minimum Gasteiger partial charge on any atom is -0.507 e. The minimum absolute atomic E-state index is 0.0357. The van der Waals surface area contributed by atoms with E-state index >= 15 is 0 Å². The molecule has 4 aromatic rings. The van der Waals surface area contributed by atoms with E-state index in [1.54, 1.807) is 55.7 Å². The summed E-state index contributed by atoms with van der Waals surface area (Å²) in [6.07, 6.45) is 3.07. The van der Waals surface area contributed by atoms with E-state index in [0.29, 0.717) is 16.7 Å². The number of carbonyl (C=O) groups is 1. The predicted octanol–water partition coefficient (Wildman–Crippen LogP) is 6.17. The molecule has 0 spiro atoms. The fraction of sp³-hybridized carbons (Fsp3) is 0.0741. The second-order valence-corrected chi connectivity index (χ2v) is 7.17. The maximum absolute atomic E-state index is 13.8. The van der Waals surface area contributed by atoms with Crippen LogP contribution >= 0.6 is 0 Å². The maximum atomic E-state index is 13.8. The van der Waals surface area contributed by atoms with Crippen LogP contribution in [0.4, 0.5) is 4.39 Å². The first kappa shape index (κ1) is 21.1. The third-order valence-electron chi connectivity index (χ3n) is 5.12. The average molecular weight is 428 g/mol. The Morgan fingerprint density at radius 3 is 2.56 bits per heavy atom. The van der Waals surface area contributed by atoms with Gasteiger partial charge in [0.1, 0.15) is 18.1 Å². The Morgan fingerprint density at radius 2 is 1.75 bits per heavy atom. The van der Waals surface area contributed by atoms with Gasteiger partial charge in [-0.2, -0.15) is 0 Å². The van der Waals surface area contributed by atoms with Gasteiger partial charge in [-0.05, 0) is 47.4 Å². The summed E-state index contributed by atoms with van der Waals surface area (Å²) in [5.74, 6) is -0.0440. The lowest BCUT2D eigenvalue weighted by Gasteiger charge is -2.11. The number of allylic oxidation sites excluding steroid dienone is 1. The number of phenolic OH excluding ortho intramolecular Hbond substituents is 1. The number of hydrogen-bond acceptors (Lipinski definition) is 4. The van der Waals surface area contributed by atoms with Crippen LogP contribution in [-0.2, 0) is 6.61 Å². The minimum atomic E-state index is -0.441. The Morgan fingerprint density at radius 1 is 0.969 bits per heavy atom. The first-order valence-electron chi connectivity index (χ1n) is 10.0. The topological polar surface area (TPSA) is 55.8 Å². The maximum Gasteiger partial charge on any atom is 0.189 e. The lowest BCUT2D eigenvalue weighted by atomic mass is 10.0. The highest BCUT2D eigenvalue weighted by molar-refractivity contribution is 6.11. The van der Waals surface area contributed by atoms with Crippen molar-refractivity contribution in [3.63, 3.8) is 0 Å². The monoisotopic (exact) mass is 428 g/mol. The predicted molar refractivity (Wildman–Crippen MR) is 123 cm³/mol. The van der Waals surface area contributed by atoms with E-state index in [2.05, 4.69) is 0 Å². The quantitative estimate of drug-likeness (QED) is 0.283. The Labute approximate surface area is 185 Å². The first-order valence-corrected chi connectivity index (χ1v) is 10.0. The molecular formula is C27H21FO4. The summed E-state index contributed by atoms with van der Waals surface area (Å²) in [7, 11) is 1.55. The third kappa shape index (κ3) is 4.47. The lowest BCUT2D eigenvalue weighted by Crippen LogP contribution is -2.00. The van der Waals surface area contributed by atoms with Crippen molar-refractivity contribution in [3.05, 3.63) is 107 Å². The third-order valence-corrected chi connectivity index (χ3v) is 5.12. The van der Waals surface area contributed by atoms with Crippen molar-refractivity contribution < 1.29 is 23.8 Å². The fourth-order valence-corrected chi connectivity index (χ4v) is 3.45. The number of ether oxygens (including phenoxy) is 2. The number of ketones is 1. The Hall–Kier alpha value is -4.12. The molecule has 0 aliphatic rings. The molecule has 0 fully saturated rings. The van der Waals surface area contributed by atoms with Crippen LogP contribution in [0.1, 0.15) is 21.5 Å². The molecule has 32 heavy (non-hydrogen) atoms. The Bertz CT molecular complexity index is 1310. The molecule has 0 radical (unpaired) electrons. The van der Waals surface area contributed by atoms with Crippen molar-refractivity contribution in [3.8, 4) is 17.2 Å². The summed E-state index contributed by atoms with van der Waals surface area (Å²) in [5.41, 5.74) is 1.68. The molecule has 0 unspecified atom stereocenters. The summed E-state index contributed by atoms with van der Waals surface area (Å²) < 4.78 is 24.8. The van der Waals surface area contributed by atoms with Crippen LogP contribution < -0.4 is 9.47 Å². The van der Waals surface area contributed by atoms with Gasteiger partial charge < -0.3 is 14.6 Å². The lowest BCUT2D eigenvalue weighted by molar-refractivity contribution is 0.104. The molecule has 1 N–H and O–H groups in total. The number of hydrogen-bond donors (Lipinski definition) is 1. The molecule has 0 aromatic heterocycles. The highest BCUT2D eigenvalue weighted by Crippen LogP contribution is 2.29. The zero-order valence-electron chi connectivity index (χ0n) is 17.4. The van der Waals surface area contributed by atoms with Crippen LogP contribution in [0.5, 0.6) is 17.2 Å². The number of rotatable bonds is 7. The Balaban J connectivity index is 1.55. The molecule has 0 amide bonds. The van der Waals surface area contributed by atoms with Gasteiger partial charge in [-0.3, -0.25) is 4.79 Å². The molecule has 5 heteroatoms. The first-order chi connectivity index (χ1) is 15.6. The van der Waals surface area contributed by atoms with Gasteiger partial charge >= 0.3 is 0 Å². The molecule has 4 nitrogen and oxygen atoms in total. The van der Waals surface area contributed by atoms with Crippen molar-refractivity contribution >= 4 is 22.6 Å². The second-order valence-electron chi connectivity index (χ2n) is 7.17. The highest BCUT2D eigenvalue weighted by Gasteiger charge is 2.12. The number of fused-ring (bicyclic) bond motifs is 1. The normalized spacial score (nSPS) is 11.1. The zero-order valence-corrected chi connectivity index (χ0v) is 17.4. The molecule has 4 rings (SSSR count). The largest absolute Gasteiger partial charge is 0.507 e. The van der Waals surface area contributed by atoms with Crippen LogP contribution in [0.25, 0.3) is 16.8 Å². The summed E-state index contributed by atoms with van der Waals surface area (Å²) in [6, 6.07) is 22.3. The summed E-state index contributed by atoms with van der Waals surface area (Å²) in [4.78, 5) is 12.7. The molecular weight excluding hydrogens is 407 g/mol. The van der Waals surface area contributed by atoms with Crippen molar-refractivity contribution in [2.75, 3.05) is 7.11 Å². The number of carbonyl (C=O) groups excluding carboxylic acids is 1. The number of phenols is 1. The number of halogens is 1. The van der Waals surface area contributed by atoms with Gasteiger partial charge in [0.2, 0.25) is 0 Å². The zero-order chi connectivity index (χ0) is 22.5. The smallest absolute Gasteiger partial charge is 0.189 e. The van der Waals surface area contributed by atoms with E-state index < -0.39 is 5.82 Å². The van der Waals surface area contributed by atoms with Crippen molar-refractivity contribution in [1.29, 1.82) is 0 Å². The molecule has 0 aliphatic heterocycles. The van der Waals surface area contributed by atoms with Gasteiger partial charge in [0.25, 0.3) is 0 Å². The van der Waals surface area contributed by atoms with Gasteiger partial charge in [0.05, 0.1) is 12.7 Å². The SMILES string of the molecule is COc1ccc(/C=C/C(=O)c2ccc3ccccc3c2O)cc1COc1ccccc1F. The number of para-hydroxylation sites is 1.